The molecule has 2 atom stereocenters. The molecule has 0 bridgehead atoms. The second kappa shape index (κ2) is 16.0. The van der Waals surface area contributed by atoms with Gasteiger partial charge in [-0.05, 0) is 53.5 Å². The standard InChI is InChI=1S/C29H52NO6P/c1-10-13-14-15-19-22-26(31)33-23-29(8,9)27(37(32,34-11-2)35-12-3)30(28(5,6)7)36-24(4)25-20-17-16-18-21-25/h16-18,20-21,24,27H,10-15,19,22-23H2,1-9H3. The number of nitrogens with zero attached hydrogens (tertiary/aromatic N) is 1. The highest BCUT2D eigenvalue weighted by atomic mass is 31.2. The average Bonchev–Trinajstić information content (AvgIpc) is 2.82. The van der Waals surface area contributed by atoms with Gasteiger partial charge in [-0.25, -0.2) is 0 Å². The highest BCUT2D eigenvalue weighted by Gasteiger charge is 2.54. The summed E-state index contributed by atoms with van der Waals surface area (Å²) in [5, 5.41) is 1.75. The zero-order valence-electron chi connectivity index (χ0n) is 24.7. The number of hydroxylamine groups is 2. The fraction of sp³-hybridized carbons (Fsp3) is 0.759. The maximum Gasteiger partial charge on any atom is 0.350 e. The number of esters is 1. The molecule has 37 heavy (non-hydrogen) atoms. The molecule has 0 aromatic heterocycles. The maximum absolute atomic E-state index is 14.4. The van der Waals surface area contributed by atoms with Crippen molar-refractivity contribution < 1.29 is 28.0 Å². The van der Waals surface area contributed by atoms with Crippen molar-refractivity contribution in [2.45, 2.75) is 118 Å². The Morgan fingerprint density at radius 2 is 1.49 bits per heavy atom. The predicted molar refractivity (Wildman–Crippen MR) is 150 cm³/mol. The quantitative estimate of drug-likeness (QED) is 0.0801. The summed E-state index contributed by atoms with van der Waals surface area (Å²) < 4.78 is 31.8. The second-order valence-electron chi connectivity index (χ2n) is 11.2. The van der Waals surface area contributed by atoms with Crippen LogP contribution in [0, 0.1) is 5.41 Å². The van der Waals surface area contributed by atoms with Gasteiger partial charge in [-0.3, -0.25) is 14.2 Å². The number of benzene rings is 1. The van der Waals surface area contributed by atoms with Crippen molar-refractivity contribution in [2.24, 2.45) is 5.41 Å². The number of rotatable bonds is 18. The molecule has 1 aromatic carbocycles. The van der Waals surface area contributed by atoms with Gasteiger partial charge in [-0.2, -0.15) is 5.06 Å². The first-order chi connectivity index (χ1) is 17.3. The smallest absolute Gasteiger partial charge is 0.350 e. The van der Waals surface area contributed by atoms with Crippen molar-refractivity contribution >= 4 is 13.6 Å². The van der Waals surface area contributed by atoms with Gasteiger partial charge >= 0.3 is 13.6 Å². The lowest BCUT2D eigenvalue weighted by molar-refractivity contribution is -0.268. The van der Waals surface area contributed by atoms with Crippen LogP contribution in [-0.2, 0) is 28.0 Å². The maximum atomic E-state index is 14.4. The lowest BCUT2D eigenvalue weighted by Crippen LogP contribution is -2.55. The van der Waals surface area contributed by atoms with Gasteiger partial charge in [0.1, 0.15) is 11.9 Å². The van der Waals surface area contributed by atoms with Gasteiger partial charge in [-0.1, -0.05) is 76.8 Å². The summed E-state index contributed by atoms with van der Waals surface area (Å²) in [6.45, 7) is 18.1. The molecule has 0 saturated heterocycles. The molecule has 1 rings (SSSR count). The van der Waals surface area contributed by atoms with Gasteiger partial charge in [0.25, 0.3) is 0 Å². The largest absolute Gasteiger partial charge is 0.465 e. The molecule has 0 heterocycles. The van der Waals surface area contributed by atoms with E-state index in [2.05, 4.69) is 6.92 Å². The molecule has 0 fully saturated rings. The lowest BCUT2D eigenvalue weighted by Gasteiger charge is -2.49. The van der Waals surface area contributed by atoms with E-state index in [9.17, 15) is 9.36 Å². The van der Waals surface area contributed by atoms with Gasteiger partial charge < -0.3 is 13.8 Å². The van der Waals surface area contributed by atoms with E-state index >= 15 is 0 Å². The highest BCUT2D eigenvalue weighted by molar-refractivity contribution is 7.54. The van der Waals surface area contributed by atoms with Gasteiger partial charge in [0, 0.05) is 17.4 Å². The van der Waals surface area contributed by atoms with E-state index < -0.39 is 24.3 Å². The van der Waals surface area contributed by atoms with E-state index in [0.29, 0.717) is 6.42 Å². The van der Waals surface area contributed by atoms with E-state index in [1.807, 2.05) is 71.9 Å². The Hall–Kier alpha value is -1.24. The Balaban J connectivity index is 3.28. The van der Waals surface area contributed by atoms with Crippen molar-refractivity contribution in [1.29, 1.82) is 0 Å². The first kappa shape index (κ1) is 33.8. The third-order valence-electron chi connectivity index (χ3n) is 6.13. The SMILES string of the molecule is CCCCCCCC(=O)OCC(C)(C)C(N(OC(C)c1ccccc1)C(C)(C)C)P(=O)(OCC)OCC. The van der Waals surface area contributed by atoms with Crippen LogP contribution in [-0.4, -0.2) is 42.2 Å². The molecule has 0 aliphatic heterocycles. The van der Waals surface area contributed by atoms with Crippen LogP contribution in [0.1, 0.15) is 113 Å². The number of ether oxygens (including phenoxy) is 1. The number of hydrogen-bond donors (Lipinski definition) is 0. The van der Waals surface area contributed by atoms with Crippen LogP contribution in [0.2, 0.25) is 0 Å². The Morgan fingerprint density at radius 3 is 2.00 bits per heavy atom. The average molecular weight is 542 g/mol. The molecule has 0 spiro atoms. The fourth-order valence-electron chi connectivity index (χ4n) is 4.24. The summed E-state index contributed by atoms with van der Waals surface area (Å²) in [5.74, 6) is -1.07. The summed E-state index contributed by atoms with van der Waals surface area (Å²) in [7, 11) is -3.74. The van der Waals surface area contributed by atoms with Gasteiger partial charge in [0.15, 0.2) is 0 Å². The van der Waals surface area contributed by atoms with Crippen LogP contribution >= 0.6 is 7.60 Å². The topological polar surface area (TPSA) is 74.3 Å². The van der Waals surface area contributed by atoms with Crippen LogP contribution in [0.25, 0.3) is 0 Å². The third-order valence-corrected chi connectivity index (χ3v) is 8.87. The molecule has 0 aliphatic carbocycles. The molecule has 214 valence electrons. The molecule has 0 saturated carbocycles. The van der Waals surface area contributed by atoms with Crippen molar-refractivity contribution in [3.8, 4) is 0 Å². The number of hydrogen-bond acceptors (Lipinski definition) is 7. The number of carbonyl (C=O) groups excluding carboxylic acids is 1. The van der Waals surface area contributed by atoms with Gasteiger partial charge in [-0.15, -0.1) is 0 Å². The molecule has 8 heteroatoms. The normalized spacial score (nSPS) is 14.5. The molecule has 0 radical (unpaired) electrons. The van der Waals surface area contributed by atoms with E-state index in [-0.39, 0.29) is 31.9 Å². The van der Waals surface area contributed by atoms with Crippen molar-refractivity contribution in [2.75, 3.05) is 19.8 Å². The zero-order valence-corrected chi connectivity index (χ0v) is 25.6. The van der Waals surface area contributed by atoms with E-state index in [4.69, 9.17) is 18.6 Å². The second-order valence-corrected chi connectivity index (χ2v) is 13.3. The van der Waals surface area contributed by atoms with E-state index in [1.54, 1.807) is 18.9 Å². The number of carbonyl (C=O) groups is 1. The summed E-state index contributed by atoms with van der Waals surface area (Å²) in [4.78, 5) is 19.1. The Morgan fingerprint density at radius 1 is 0.919 bits per heavy atom. The molecule has 7 nitrogen and oxygen atoms in total. The first-order valence-corrected chi connectivity index (χ1v) is 15.5. The summed E-state index contributed by atoms with van der Waals surface area (Å²) in [6.07, 6.45) is 5.35. The monoisotopic (exact) mass is 541 g/mol. The lowest BCUT2D eigenvalue weighted by atomic mass is 9.92. The molecule has 0 amide bonds. The van der Waals surface area contributed by atoms with Crippen molar-refractivity contribution in [3.05, 3.63) is 35.9 Å². The molecular formula is C29H52NO6P. The Kier molecular flexibility index (Phi) is 14.6. The Bertz CT molecular complexity index is 813. The van der Waals surface area contributed by atoms with Crippen molar-refractivity contribution in [3.63, 3.8) is 0 Å². The van der Waals surface area contributed by atoms with Crippen LogP contribution in [0.15, 0.2) is 30.3 Å². The molecule has 0 aliphatic rings. The highest BCUT2D eigenvalue weighted by Crippen LogP contribution is 2.61. The predicted octanol–water partition coefficient (Wildman–Crippen LogP) is 8.30. The molecule has 2 unspecified atom stereocenters. The summed E-state index contributed by atoms with van der Waals surface area (Å²) in [5.41, 5.74) is -0.398. The Labute approximate surface area is 226 Å². The third kappa shape index (κ3) is 11.2. The van der Waals surface area contributed by atoms with Gasteiger partial charge in [0.2, 0.25) is 0 Å². The van der Waals surface area contributed by atoms with Crippen LogP contribution in [0.3, 0.4) is 0 Å². The molecule has 1 aromatic rings. The number of unbranched alkanes of at least 4 members (excludes halogenated alkanes) is 4. The zero-order chi connectivity index (χ0) is 28.1. The van der Waals surface area contributed by atoms with Crippen LogP contribution in [0.4, 0.5) is 0 Å². The minimum absolute atomic E-state index is 0.0608. The minimum Gasteiger partial charge on any atom is -0.465 e. The minimum atomic E-state index is -3.74. The molecular weight excluding hydrogens is 489 g/mol. The van der Waals surface area contributed by atoms with Crippen LogP contribution < -0.4 is 0 Å². The van der Waals surface area contributed by atoms with Crippen LogP contribution in [0.5, 0.6) is 0 Å². The summed E-state index contributed by atoms with van der Waals surface area (Å²) >= 11 is 0. The summed E-state index contributed by atoms with van der Waals surface area (Å²) in [6, 6.07) is 9.88. The first-order valence-electron chi connectivity index (χ1n) is 13.9. The molecule has 0 N–H and O–H groups in total. The fourth-order valence-corrected chi connectivity index (χ4v) is 6.90. The van der Waals surface area contributed by atoms with E-state index in [0.717, 1.165) is 31.2 Å². The van der Waals surface area contributed by atoms with E-state index in [1.165, 1.54) is 6.42 Å². The van der Waals surface area contributed by atoms with Crippen molar-refractivity contribution in [1.82, 2.24) is 5.06 Å². The van der Waals surface area contributed by atoms with Gasteiger partial charge in [0.05, 0.1) is 19.8 Å².